The van der Waals surface area contributed by atoms with Gasteiger partial charge in [-0.2, -0.15) is 0 Å². The highest BCUT2D eigenvalue weighted by molar-refractivity contribution is 9.10. The Bertz CT molecular complexity index is 439. The van der Waals surface area contributed by atoms with Crippen LogP contribution in [0.25, 0.3) is 0 Å². The highest BCUT2D eigenvalue weighted by Crippen LogP contribution is 2.19. The van der Waals surface area contributed by atoms with Crippen LogP contribution in [0, 0.1) is 5.92 Å². The summed E-state index contributed by atoms with van der Waals surface area (Å²) in [5, 5.41) is 3.16. The SMILES string of the molecule is CNCC1CCN(C(=O)COc2cccc(Br)c2)C1. The number of carbonyl (C=O) groups excluding carboxylic acids is 1. The Hall–Kier alpha value is -1.07. The second-order valence-corrected chi connectivity index (χ2v) is 5.71. The minimum atomic E-state index is 0.0681. The van der Waals surface area contributed by atoms with E-state index in [-0.39, 0.29) is 12.5 Å². The Kier molecular flexibility index (Phi) is 5.22. The average Bonchev–Trinajstić information content (AvgIpc) is 2.85. The minimum absolute atomic E-state index is 0.0681. The van der Waals surface area contributed by atoms with Crippen molar-refractivity contribution < 1.29 is 9.53 Å². The van der Waals surface area contributed by atoms with E-state index in [4.69, 9.17) is 4.74 Å². The normalized spacial score (nSPS) is 18.6. The van der Waals surface area contributed by atoms with E-state index >= 15 is 0 Å². The van der Waals surface area contributed by atoms with Crippen LogP contribution in [0.3, 0.4) is 0 Å². The van der Waals surface area contributed by atoms with E-state index in [1.165, 1.54) is 0 Å². The first-order valence-corrected chi connectivity index (χ1v) is 7.29. The molecule has 1 aromatic rings. The molecule has 2 rings (SSSR count). The maximum Gasteiger partial charge on any atom is 0.260 e. The fraction of sp³-hybridized carbons (Fsp3) is 0.500. The van der Waals surface area contributed by atoms with Gasteiger partial charge in [-0.25, -0.2) is 0 Å². The van der Waals surface area contributed by atoms with E-state index in [9.17, 15) is 4.79 Å². The summed E-state index contributed by atoms with van der Waals surface area (Å²) >= 11 is 3.38. The fourth-order valence-electron chi connectivity index (χ4n) is 2.31. The third-order valence-corrected chi connectivity index (χ3v) is 3.78. The predicted molar refractivity (Wildman–Crippen MR) is 78.3 cm³/mol. The topological polar surface area (TPSA) is 41.6 Å². The van der Waals surface area contributed by atoms with E-state index in [1.54, 1.807) is 0 Å². The summed E-state index contributed by atoms with van der Waals surface area (Å²) in [6.07, 6.45) is 1.07. The number of carbonyl (C=O) groups is 1. The van der Waals surface area contributed by atoms with Crippen LogP contribution >= 0.6 is 15.9 Å². The number of hydrogen-bond donors (Lipinski definition) is 1. The first-order valence-electron chi connectivity index (χ1n) is 6.50. The molecule has 1 heterocycles. The molecule has 0 saturated carbocycles. The highest BCUT2D eigenvalue weighted by atomic mass is 79.9. The lowest BCUT2D eigenvalue weighted by molar-refractivity contribution is -0.132. The third-order valence-electron chi connectivity index (χ3n) is 3.29. The summed E-state index contributed by atoms with van der Waals surface area (Å²) in [7, 11) is 1.95. The minimum Gasteiger partial charge on any atom is -0.484 e. The number of amides is 1. The molecule has 19 heavy (non-hydrogen) atoms. The lowest BCUT2D eigenvalue weighted by Gasteiger charge is -2.17. The molecule has 5 heteroatoms. The van der Waals surface area contributed by atoms with E-state index in [0.29, 0.717) is 11.7 Å². The molecule has 1 saturated heterocycles. The molecule has 1 fully saturated rings. The summed E-state index contributed by atoms with van der Waals surface area (Å²) < 4.78 is 6.47. The number of nitrogens with zero attached hydrogens (tertiary/aromatic N) is 1. The van der Waals surface area contributed by atoms with Gasteiger partial charge in [-0.15, -0.1) is 0 Å². The van der Waals surface area contributed by atoms with Crippen molar-refractivity contribution in [2.24, 2.45) is 5.92 Å². The molecule has 0 aliphatic carbocycles. The summed E-state index contributed by atoms with van der Waals surface area (Å²) in [6, 6.07) is 7.53. The zero-order valence-corrected chi connectivity index (χ0v) is 12.6. The molecule has 1 unspecified atom stereocenters. The van der Waals surface area contributed by atoms with Gasteiger partial charge in [-0.1, -0.05) is 22.0 Å². The van der Waals surface area contributed by atoms with E-state index in [2.05, 4.69) is 21.2 Å². The number of likely N-dealkylation sites (tertiary alicyclic amines) is 1. The quantitative estimate of drug-likeness (QED) is 0.898. The van der Waals surface area contributed by atoms with Crippen LogP contribution in [0.2, 0.25) is 0 Å². The van der Waals surface area contributed by atoms with Gasteiger partial charge in [0.15, 0.2) is 6.61 Å². The second kappa shape index (κ2) is 6.91. The number of nitrogens with one attached hydrogen (secondary N) is 1. The fourth-order valence-corrected chi connectivity index (χ4v) is 2.69. The van der Waals surface area contributed by atoms with Crippen molar-refractivity contribution in [1.82, 2.24) is 10.2 Å². The van der Waals surface area contributed by atoms with Gasteiger partial charge in [0.05, 0.1) is 0 Å². The van der Waals surface area contributed by atoms with Gasteiger partial charge < -0.3 is 15.0 Å². The number of hydrogen-bond acceptors (Lipinski definition) is 3. The van der Waals surface area contributed by atoms with Gasteiger partial charge in [-0.05, 0) is 44.1 Å². The molecule has 1 aromatic carbocycles. The van der Waals surface area contributed by atoms with Crippen molar-refractivity contribution in [1.29, 1.82) is 0 Å². The summed E-state index contributed by atoms with van der Waals surface area (Å²) in [6.45, 7) is 2.76. The van der Waals surface area contributed by atoms with Gasteiger partial charge in [0.1, 0.15) is 5.75 Å². The summed E-state index contributed by atoms with van der Waals surface area (Å²) in [5.41, 5.74) is 0. The highest BCUT2D eigenvalue weighted by Gasteiger charge is 2.25. The summed E-state index contributed by atoms with van der Waals surface area (Å²) in [4.78, 5) is 13.9. The molecule has 1 aliphatic heterocycles. The van der Waals surface area contributed by atoms with Crippen LogP contribution in [-0.4, -0.2) is 44.1 Å². The molecular formula is C14H19BrN2O2. The van der Waals surface area contributed by atoms with Crippen molar-refractivity contribution in [2.75, 3.05) is 33.3 Å². The molecule has 0 spiro atoms. The maximum absolute atomic E-state index is 12.0. The average molecular weight is 327 g/mol. The molecule has 0 radical (unpaired) electrons. The van der Waals surface area contributed by atoms with E-state index in [1.807, 2.05) is 36.2 Å². The van der Waals surface area contributed by atoms with Gasteiger partial charge in [0.25, 0.3) is 5.91 Å². The maximum atomic E-state index is 12.0. The van der Waals surface area contributed by atoms with Crippen LogP contribution in [0.15, 0.2) is 28.7 Å². The Morgan fingerprint density at radius 1 is 1.58 bits per heavy atom. The first kappa shape index (κ1) is 14.3. The van der Waals surface area contributed by atoms with Crippen molar-refractivity contribution in [3.8, 4) is 5.75 Å². The lowest BCUT2D eigenvalue weighted by Crippen LogP contribution is -2.34. The van der Waals surface area contributed by atoms with E-state index in [0.717, 1.165) is 30.5 Å². The van der Waals surface area contributed by atoms with Gasteiger partial charge in [-0.3, -0.25) is 4.79 Å². The lowest BCUT2D eigenvalue weighted by atomic mass is 10.1. The number of halogens is 1. The molecular weight excluding hydrogens is 308 g/mol. The van der Waals surface area contributed by atoms with E-state index < -0.39 is 0 Å². The Labute approximate surface area is 122 Å². The monoisotopic (exact) mass is 326 g/mol. The Morgan fingerprint density at radius 3 is 3.16 bits per heavy atom. The number of rotatable bonds is 5. The smallest absolute Gasteiger partial charge is 0.260 e. The standard InChI is InChI=1S/C14H19BrN2O2/c1-16-8-11-5-6-17(9-11)14(18)10-19-13-4-2-3-12(15)7-13/h2-4,7,11,16H,5-6,8-10H2,1H3. The molecule has 1 N–H and O–H groups in total. The molecule has 1 aliphatic rings. The van der Waals surface area contributed by atoms with Crippen molar-refractivity contribution in [2.45, 2.75) is 6.42 Å². The molecule has 1 atom stereocenters. The Morgan fingerprint density at radius 2 is 2.42 bits per heavy atom. The molecule has 0 aromatic heterocycles. The van der Waals surface area contributed by atoms with Gasteiger partial charge >= 0.3 is 0 Å². The van der Waals surface area contributed by atoms with Gasteiger partial charge in [0.2, 0.25) is 0 Å². The molecule has 1 amide bonds. The van der Waals surface area contributed by atoms with Crippen LogP contribution < -0.4 is 10.1 Å². The largest absolute Gasteiger partial charge is 0.484 e. The number of ether oxygens (including phenoxy) is 1. The van der Waals surface area contributed by atoms with Crippen LogP contribution in [-0.2, 0) is 4.79 Å². The van der Waals surface area contributed by atoms with Crippen molar-refractivity contribution >= 4 is 21.8 Å². The second-order valence-electron chi connectivity index (χ2n) is 4.80. The van der Waals surface area contributed by atoms with Crippen LogP contribution in [0.4, 0.5) is 0 Å². The number of benzene rings is 1. The van der Waals surface area contributed by atoms with Crippen molar-refractivity contribution in [3.05, 3.63) is 28.7 Å². The third kappa shape index (κ3) is 4.21. The van der Waals surface area contributed by atoms with Gasteiger partial charge in [0, 0.05) is 17.6 Å². The van der Waals surface area contributed by atoms with Crippen molar-refractivity contribution in [3.63, 3.8) is 0 Å². The van der Waals surface area contributed by atoms with Crippen LogP contribution in [0.1, 0.15) is 6.42 Å². The van der Waals surface area contributed by atoms with Crippen LogP contribution in [0.5, 0.6) is 5.75 Å². The molecule has 0 bridgehead atoms. The molecule has 4 nitrogen and oxygen atoms in total. The predicted octanol–water partition coefficient (Wildman–Crippen LogP) is 1.90. The zero-order chi connectivity index (χ0) is 13.7. The Balaban J connectivity index is 1.79. The molecule has 104 valence electrons. The summed E-state index contributed by atoms with van der Waals surface area (Å²) in [5.74, 6) is 1.35. The first-order chi connectivity index (χ1) is 9.19. The zero-order valence-electron chi connectivity index (χ0n) is 11.1.